The molecule has 0 bridgehead atoms. The van der Waals surface area contributed by atoms with Crippen molar-refractivity contribution in [3.63, 3.8) is 0 Å². The molecule has 2 N–H and O–H groups in total. The first-order valence-corrected chi connectivity index (χ1v) is 6.20. The Morgan fingerprint density at radius 1 is 1.32 bits per heavy atom. The van der Waals surface area contributed by atoms with E-state index >= 15 is 0 Å². The van der Waals surface area contributed by atoms with Gasteiger partial charge in [0.15, 0.2) is 0 Å². The number of methoxy groups -OCH3 is 2. The largest absolute Gasteiger partial charge is 0.497 e. The highest BCUT2D eigenvalue weighted by Crippen LogP contribution is 2.32. The summed E-state index contributed by atoms with van der Waals surface area (Å²) in [4.78, 5) is 11.6. The summed E-state index contributed by atoms with van der Waals surface area (Å²) in [6, 6.07) is 3.63. The highest BCUT2D eigenvalue weighted by molar-refractivity contribution is 5.78. The molecule has 19 heavy (non-hydrogen) atoms. The molecule has 0 saturated heterocycles. The van der Waals surface area contributed by atoms with E-state index in [-0.39, 0.29) is 11.9 Å². The zero-order valence-corrected chi connectivity index (χ0v) is 12.2. The van der Waals surface area contributed by atoms with Crippen LogP contribution in [-0.4, -0.2) is 33.7 Å². The van der Waals surface area contributed by atoms with Gasteiger partial charge in [0.25, 0.3) is 0 Å². The molecule has 1 amide bonds. The van der Waals surface area contributed by atoms with Gasteiger partial charge in [0.1, 0.15) is 11.5 Å². The molecule has 0 aromatic heterocycles. The topological polar surface area (TPSA) is 59.6 Å². The lowest BCUT2D eigenvalue weighted by Crippen LogP contribution is -2.34. The first-order valence-electron chi connectivity index (χ1n) is 6.20. The van der Waals surface area contributed by atoms with Crippen LogP contribution < -0.4 is 20.1 Å². The summed E-state index contributed by atoms with van der Waals surface area (Å²) in [5.74, 6) is 1.41. The number of carbonyl (C=O) groups is 1. The van der Waals surface area contributed by atoms with Crippen LogP contribution in [0, 0.1) is 6.92 Å². The monoisotopic (exact) mass is 266 g/mol. The molecule has 5 nitrogen and oxygen atoms in total. The van der Waals surface area contributed by atoms with Crippen LogP contribution in [0.25, 0.3) is 0 Å². The van der Waals surface area contributed by atoms with Gasteiger partial charge in [-0.25, -0.2) is 0 Å². The van der Waals surface area contributed by atoms with E-state index in [1.54, 1.807) is 21.3 Å². The molecule has 0 aliphatic rings. The van der Waals surface area contributed by atoms with Gasteiger partial charge < -0.3 is 20.1 Å². The van der Waals surface area contributed by atoms with E-state index in [0.29, 0.717) is 12.3 Å². The molecule has 0 spiro atoms. The number of aryl methyl sites for hydroxylation is 1. The van der Waals surface area contributed by atoms with Crippen molar-refractivity contribution in [3.05, 3.63) is 23.3 Å². The molecule has 1 aromatic carbocycles. The van der Waals surface area contributed by atoms with Gasteiger partial charge in [-0.15, -0.1) is 0 Å². The van der Waals surface area contributed by atoms with E-state index in [1.807, 2.05) is 26.0 Å². The fourth-order valence-corrected chi connectivity index (χ4v) is 2.10. The SMILES string of the molecule is CNCC(=O)NC(C)c1c(C)cc(OC)cc1OC. The summed E-state index contributed by atoms with van der Waals surface area (Å²) >= 11 is 0. The van der Waals surface area contributed by atoms with Crippen molar-refractivity contribution in [3.8, 4) is 11.5 Å². The van der Waals surface area contributed by atoms with Gasteiger partial charge in [0.2, 0.25) is 5.91 Å². The van der Waals surface area contributed by atoms with Crippen LogP contribution in [0.4, 0.5) is 0 Å². The third-order valence-electron chi connectivity index (χ3n) is 2.93. The number of ether oxygens (including phenoxy) is 2. The molecule has 1 rings (SSSR count). The maximum absolute atomic E-state index is 11.6. The minimum absolute atomic E-state index is 0.0488. The van der Waals surface area contributed by atoms with Crippen LogP contribution in [-0.2, 0) is 4.79 Å². The smallest absolute Gasteiger partial charge is 0.234 e. The number of hydrogen-bond donors (Lipinski definition) is 2. The van der Waals surface area contributed by atoms with Crippen molar-refractivity contribution in [2.75, 3.05) is 27.8 Å². The second kappa shape index (κ2) is 6.99. The molecule has 106 valence electrons. The number of nitrogens with one attached hydrogen (secondary N) is 2. The van der Waals surface area contributed by atoms with Gasteiger partial charge in [-0.05, 0) is 32.5 Å². The molecule has 5 heteroatoms. The lowest BCUT2D eigenvalue weighted by Gasteiger charge is -2.20. The number of amides is 1. The summed E-state index contributed by atoms with van der Waals surface area (Å²) in [5.41, 5.74) is 1.99. The second-order valence-electron chi connectivity index (χ2n) is 4.38. The molecule has 0 heterocycles. The van der Waals surface area contributed by atoms with E-state index in [1.165, 1.54) is 0 Å². The number of benzene rings is 1. The van der Waals surface area contributed by atoms with Crippen LogP contribution in [0.15, 0.2) is 12.1 Å². The fraction of sp³-hybridized carbons (Fsp3) is 0.500. The number of likely N-dealkylation sites (N-methyl/N-ethyl adjacent to an activating group) is 1. The van der Waals surface area contributed by atoms with Crippen molar-refractivity contribution >= 4 is 5.91 Å². The lowest BCUT2D eigenvalue weighted by molar-refractivity contribution is -0.120. The van der Waals surface area contributed by atoms with Crippen molar-refractivity contribution in [2.24, 2.45) is 0 Å². The zero-order valence-electron chi connectivity index (χ0n) is 12.2. The maximum Gasteiger partial charge on any atom is 0.234 e. The van der Waals surface area contributed by atoms with Crippen LogP contribution in [0.5, 0.6) is 11.5 Å². The highest BCUT2D eigenvalue weighted by Gasteiger charge is 2.17. The molecule has 1 aromatic rings. The van der Waals surface area contributed by atoms with E-state index in [4.69, 9.17) is 9.47 Å². The normalized spacial score (nSPS) is 11.8. The molecule has 0 saturated carbocycles. The molecule has 0 radical (unpaired) electrons. The summed E-state index contributed by atoms with van der Waals surface area (Å²) in [7, 11) is 4.97. The van der Waals surface area contributed by atoms with Crippen molar-refractivity contribution in [1.29, 1.82) is 0 Å². The Balaban J connectivity index is 3.01. The van der Waals surface area contributed by atoms with E-state index in [0.717, 1.165) is 16.9 Å². The third-order valence-corrected chi connectivity index (χ3v) is 2.93. The predicted octanol–water partition coefficient (Wildman–Crippen LogP) is 1.41. The minimum atomic E-state index is -0.123. The van der Waals surface area contributed by atoms with Crippen LogP contribution in [0.1, 0.15) is 24.1 Å². The van der Waals surface area contributed by atoms with Gasteiger partial charge in [0, 0.05) is 11.6 Å². The van der Waals surface area contributed by atoms with E-state index in [2.05, 4.69) is 10.6 Å². The van der Waals surface area contributed by atoms with Crippen molar-refractivity contribution < 1.29 is 14.3 Å². The third kappa shape index (κ3) is 3.86. The Labute approximate surface area is 114 Å². The van der Waals surface area contributed by atoms with Crippen LogP contribution >= 0.6 is 0 Å². The number of hydrogen-bond acceptors (Lipinski definition) is 4. The van der Waals surface area contributed by atoms with Crippen molar-refractivity contribution in [1.82, 2.24) is 10.6 Å². The first kappa shape index (κ1) is 15.3. The molecule has 0 aliphatic carbocycles. The summed E-state index contributed by atoms with van der Waals surface area (Å²) in [6.45, 7) is 4.20. The Morgan fingerprint density at radius 3 is 2.53 bits per heavy atom. The van der Waals surface area contributed by atoms with E-state index < -0.39 is 0 Å². The predicted molar refractivity (Wildman–Crippen MR) is 74.8 cm³/mol. The molecular weight excluding hydrogens is 244 g/mol. The lowest BCUT2D eigenvalue weighted by atomic mass is 10.0. The molecule has 0 fully saturated rings. The Kier molecular flexibility index (Phi) is 5.63. The summed E-state index contributed by atoms with van der Waals surface area (Å²) in [6.07, 6.45) is 0. The zero-order chi connectivity index (χ0) is 14.4. The van der Waals surface area contributed by atoms with Crippen LogP contribution in [0.2, 0.25) is 0 Å². The van der Waals surface area contributed by atoms with Gasteiger partial charge in [-0.1, -0.05) is 0 Å². The van der Waals surface area contributed by atoms with Gasteiger partial charge in [-0.2, -0.15) is 0 Å². The molecule has 0 aliphatic heterocycles. The fourth-order valence-electron chi connectivity index (χ4n) is 2.10. The van der Waals surface area contributed by atoms with Gasteiger partial charge in [0.05, 0.1) is 26.8 Å². The summed E-state index contributed by atoms with van der Waals surface area (Å²) < 4.78 is 10.6. The average molecular weight is 266 g/mol. The van der Waals surface area contributed by atoms with Gasteiger partial charge in [-0.3, -0.25) is 4.79 Å². The molecular formula is C14H22N2O3. The highest BCUT2D eigenvalue weighted by atomic mass is 16.5. The number of carbonyl (C=O) groups excluding carboxylic acids is 1. The average Bonchev–Trinajstić information content (AvgIpc) is 2.37. The minimum Gasteiger partial charge on any atom is -0.497 e. The molecule has 1 unspecified atom stereocenters. The summed E-state index contributed by atoms with van der Waals surface area (Å²) in [5, 5.41) is 5.75. The maximum atomic E-state index is 11.6. The number of rotatable bonds is 6. The Hall–Kier alpha value is -1.75. The first-order chi connectivity index (χ1) is 9.03. The van der Waals surface area contributed by atoms with Crippen molar-refractivity contribution in [2.45, 2.75) is 19.9 Å². The Bertz CT molecular complexity index is 447. The van der Waals surface area contributed by atoms with Gasteiger partial charge >= 0.3 is 0 Å². The standard InChI is InChI=1S/C14H22N2O3/c1-9-6-11(18-4)7-12(19-5)14(9)10(2)16-13(17)8-15-3/h6-7,10,15H,8H2,1-5H3,(H,16,17). The second-order valence-corrected chi connectivity index (χ2v) is 4.38. The van der Waals surface area contributed by atoms with E-state index in [9.17, 15) is 4.79 Å². The van der Waals surface area contributed by atoms with Crippen LogP contribution in [0.3, 0.4) is 0 Å². The quantitative estimate of drug-likeness (QED) is 0.817. The molecule has 1 atom stereocenters. The Morgan fingerprint density at radius 2 is 2.00 bits per heavy atom.